The zero-order valence-corrected chi connectivity index (χ0v) is 15.5. The highest BCUT2D eigenvalue weighted by atomic mass is 35.5. The van der Waals surface area contributed by atoms with E-state index in [0.29, 0.717) is 6.42 Å². The number of amides is 1. The first-order chi connectivity index (χ1) is 12.6. The fraction of sp³-hybridized carbons (Fsp3) is 0.471. The van der Waals surface area contributed by atoms with Gasteiger partial charge >= 0.3 is 12.1 Å². The molecular formula is C17H19ClF3N3O3. The summed E-state index contributed by atoms with van der Waals surface area (Å²) >= 11 is 5.93. The standard InChI is InChI=1S/C17H19ClF3N3O3/c1-3-5-6-12(16(26)27)23-15(25)13-11(4-2)22-14-10(18)7-9(8-24(13)14)17(19,20)21/h7-8,12H,3-6H2,1-2H3,(H,23,25)(H,26,27). The number of imidazole rings is 1. The highest BCUT2D eigenvalue weighted by molar-refractivity contribution is 6.33. The van der Waals surface area contributed by atoms with Gasteiger partial charge in [0, 0.05) is 6.20 Å². The topological polar surface area (TPSA) is 83.7 Å². The van der Waals surface area contributed by atoms with Crippen LogP contribution in [0.2, 0.25) is 5.02 Å². The number of unbranched alkanes of at least 4 members (excludes halogenated alkanes) is 1. The van der Waals surface area contributed by atoms with E-state index in [1.807, 2.05) is 6.92 Å². The third kappa shape index (κ3) is 4.52. The number of carbonyl (C=O) groups excluding carboxylic acids is 1. The fourth-order valence-electron chi connectivity index (χ4n) is 2.69. The Morgan fingerprint density at radius 2 is 2.04 bits per heavy atom. The molecular weight excluding hydrogens is 387 g/mol. The zero-order chi connectivity index (χ0) is 20.4. The fourth-order valence-corrected chi connectivity index (χ4v) is 2.94. The summed E-state index contributed by atoms with van der Waals surface area (Å²) in [6.07, 6.45) is -2.13. The number of pyridine rings is 1. The van der Waals surface area contributed by atoms with E-state index in [1.54, 1.807) is 6.92 Å². The molecule has 0 aliphatic rings. The molecule has 0 fully saturated rings. The van der Waals surface area contributed by atoms with Crippen molar-refractivity contribution in [2.75, 3.05) is 0 Å². The number of rotatable bonds is 7. The molecule has 1 unspecified atom stereocenters. The summed E-state index contributed by atoms with van der Waals surface area (Å²) in [7, 11) is 0. The molecule has 6 nitrogen and oxygen atoms in total. The Bertz CT molecular complexity index is 864. The smallest absolute Gasteiger partial charge is 0.417 e. The van der Waals surface area contributed by atoms with Gasteiger partial charge in [-0.3, -0.25) is 9.20 Å². The minimum atomic E-state index is -4.66. The van der Waals surface area contributed by atoms with Crippen molar-refractivity contribution in [3.05, 3.63) is 34.2 Å². The Morgan fingerprint density at radius 1 is 1.37 bits per heavy atom. The SMILES string of the molecule is CCCCC(NC(=O)c1c(CC)nc2c(Cl)cc(C(F)(F)F)cn12)C(=O)O. The number of hydrogen-bond acceptors (Lipinski definition) is 3. The van der Waals surface area contributed by atoms with Gasteiger partial charge in [0.25, 0.3) is 5.91 Å². The van der Waals surface area contributed by atoms with E-state index in [1.165, 1.54) is 0 Å². The van der Waals surface area contributed by atoms with Crippen LogP contribution in [0, 0.1) is 0 Å². The second-order valence-corrected chi connectivity index (χ2v) is 6.44. The molecule has 0 aliphatic carbocycles. The lowest BCUT2D eigenvalue weighted by atomic mass is 10.1. The average molecular weight is 406 g/mol. The van der Waals surface area contributed by atoms with Crippen LogP contribution in [0.5, 0.6) is 0 Å². The lowest BCUT2D eigenvalue weighted by Gasteiger charge is -2.15. The number of aliphatic carboxylic acids is 1. The summed E-state index contributed by atoms with van der Waals surface area (Å²) in [5, 5.41) is 11.4. The van der Waals surface area contributed by atoms with E-state index < -0.39 is 29.7 Å². The molecule has 0 aliphatic heterocycles. The van der Waals surface area contributed by atoms with E-state index in [2.05, 4.69) is 10.3 Å². The van der Waals surface area contributed by atoms with Crippen molar-refractivity contribution in [1.82, 2.24) is 14.7 Å². The van der Waals surface area contributed by atoms with Gasteiger partial charge in [0.05, 0.1) is 16.3 Å². The van der Waals surface area contributed by atoms with Gasteiger partial charge in [-0.2, -0.15) is 13.2 Å². The predicted molar refractivity (Wildman–Crippen MR) is 93.0 cm³/mol. The molecule has 2 aromatic rings. The lowest BCUT2D eigenvalue weighted by molar-refractivity contribution is -0.139. The van der Waals surface area contributed by atoms with E-state index in [4.69, 9.17) is 11.6 Å². The first-order valence-corrected chi connectivity index (χ1v) is 8.79. The molecule has 2 rings (SSSR count). The summed E-state index contributed by atoms with van der Waals surface area (Å²) < 4.78 is 40.3. The number of fused-ring (bicyclic) bond motifs is 1. The largest absolute Gasteiger partial charge is 0.480 e. The Hall–Kier alpha value is -2.29. The van der Waals surface area contributed by atoms with Crippen molar-refractivity contribution in [2.45, 2.75) is 51.7 Å². The quantitative estimate of drug-likeness (QED) is 0.730. The van der Waals surface area contributed by atoms with Crippen molar-refractivity contribution < 1.29 is 27.9 Å². The summed E-state index contributed by atoms with van der Waals surface area (Å²) in [5.74, 6) is -2.02. The predicted octanol–water partition coefficient (Wildman–Crippen LogP) is 3.94. The molecule has 27 heavy (non-hydrogen) atoms. The van der Waals surface area contributed by atoms with E-state index >= 15 is 0 Å². The van der Waals surface area contributed by atoms with Crippen LogP contribution in [0.1, 0.15) is 54.9 Å². The lowest BCUT2D eigenvalue weighted by Crippen LogP contribution is -2.41. The maximum atomic E-state index is 13.1. The number of carbonyl (C=O) groups is 2. The van der Waals surface area contributed by atoms with E-state index in [9.17, 15) is 27.9 Å². The molecule has 2 N–H and O–H groups in total. The Morgan fingerprint density at radius 3 is 2.56 bits per heavy atom. The minimum absolute atomic E-state index is 0.00657. The van der Waals surface area contributed by atoms with Crippen LogP contribution in [0.15, 0.2) is 12.3 Å². The molecule has 2 aromatic heterocycles. The van der Waals surface area contributed by atoms with E-state index in [-0.39, 0.29) is 34.9 Å². The maximum Gasteiger partial charge on any atom is 0.417 e. The Labute approximate surface area is 158 Å². The third-order valence-corrected chi connectivity index (χ3v) is 4.35. The first-order valence-electron chi connectivity index (χ1n) is 8.41. The van der Waals surface area contributed by atoms with Crippen LogP contribution < -0.4 is 5.32 Å². The molecule has 1 amide bonds. The maximum absolute atomic E-state index is 13.1. The molecule has 2 heterocycles. The number of alkyl halides is 3. The number of hydrogen-bond donors (Lipinski definition) is 2. The van der Waals surface area contributed by atoms with Crippen LogP contribution in [0.25, 0.3) is 5.65 Å². The first kappa shape index (κ1) is 21.0. The number of nitrogens with zero attached hydrogens (tertiary/aromatic N) is 2. The van der Waals surface area contributed by atoms with Gasteiger partial charge in [-0.1, -0.05) is 38.3 Å². The molecule has 10 heteroatoms. The number of aryl methyl sites for hydroxylation is 1. The molecule has 0 saturated heterocycles. The molecule has 148 valence electrons. The van der Waals surface area contributed by atoms with Crippen LogP contribution >= 0.6 is 11.6 Å². The van der Waals surface area contributed by atoms with Crippen molar-refractivity contribution in [2.24, 2.45) is 0 Å². The summed E-state index contributed by atoms with van der Waals surface area (Å²) in [6.45, 7) is 3.56. The number of carboxylic acid groups (broad SMARTS) is 1. The van der Waals surface area contributed by atoms with Gasteiger partial charge in [-0.05, 0) is 18.9 Å². The number of carboxylic acids is 1. The molecule has 0 spiro atoms. The second kappa shape index (κ2) is 8.16. The molecule has 0 radical (unpaired) electrons. The number of nitrogens with one attached hydrogen (secondary N) is 1. The van der Waals surface area contributed by atoms with Gasteiger partial charge in [0.15, 0.2) is 5.65 Å². The highest BCUT2D eigenvalue weighted by Gasteiger charge is 2.33. The van der Waals surface area contributed by atoms with Gasteiger partial charge < -0.3 is 10.4 Å². The van der Waals surface area contributed by atoms with Crippen LogP contribution in [0.3, 0.4) is 0 Å². The monoisotopic (exact) mass is 405 g/mol. The Balaban J connectivity index is 2.53. The Kier molecular flexibility index (Phi) is 6.35. The molecule has 1 atom stereocenters. The third-order valence-electron chi connectivity index (χ3n) is 4.07. The van der Waals surface area contributed by atoms with E-state index in [0.717, 1.165) is 23.1 Å². The van der Waals surface area contributed by atoms with Crippen LogP contribution in [-0.2, 0) is 17.4 Å². The van der Waals surface area contributed by atoms with Crippen molar-refractivity contribution in [1.29, 1.82) is 0 Å². The number of aromatic nitrogens is 2. The van der Waals surface area contributed by atoms with Gasteiger partial charge in [0.2, 0.25) is 0 Å². The van der Waals surface area contributed by atoms with Crippen molar-refractivity contribution in [3.8, 4) is 0 Å². The highest BCUT2D eigenvalue weighted by Crippen LogP contribution is 2.33. The number of halogens is 4. The zero-order valence-electron chi connectivity index (χ0n) is 14.7. The molecule has 0 aromatic carbocycles. The molecule has 0 saturated carbocycles. The minimum Gasteiger partial charge on any atom is -0.480 e. The summed E-state index contributed by atoms with van der Waals surface area (Å²) in [4.78, 5) is 28.2. The normalized spacial score (nSPS) is 13.0. The van der Waals surface area contributed by atoms with Gasteiger partial charge in [0.1, 0.15) is 11.7 Å². The summed E-state index contributed by atoms with van der Waals surface area (Å²) in [6, 6.07) is -0.402. The summed E-state index contributed by atoms with van der Waals surface area (Å²) in [5.41, 5.74) is -0.946. The van der Waals surface area contributed by atoms with Crippen molar-refractivity contribution >= 4 is 29.1 Å². The van der Waals surface area contributed by atoms with Gasteiger partial charge in [-0.15, -0.1) is 0 Å². The average Bonchev–Trinajstić information content (AvgIpc) is 2.96. The van der Waals surface area contributed by atoms with Crippen LogP contribution in [-0.4, -0.2) is 32.4 Å². The van der Waals surface area contributed by atoms with Gasteiger partial charge in [-0.25, -0.2) is 9.78 Å². The molecule has 0 bridgehead atoms. The van der Waals surface area contributed by atoms with Crippen molar-refractivity contribution in [3.63, 3.8) is 0 Å². The van der Waals surface area contributed by atoms with Crippen LogP contribution in [0.4, 0.5) is 13.2 Å². The second-order valence-electron chi connectivity index (χ2n) is 6.04.